The van der Waals surface area contributed by atoms with Crippen LogP contribution in [0.3, 0.4) is 0 Å². The topological polar surface area (TPSA) is 38.9 Å². The zero-order valence-electron chi connectivity index (χ0n) is 34.6. The minimum atomic E-state index is -0.141. The Balaban J connectivity index is 0.990. The molecule has 3 nitrogen and oxygen atoms in total. The van der Waals surface area contributed by atoms with Gasteiger partial charge in [0.1, 0.15) is 11.2 Å². The number of hydrogen-bond donors (Lipinski definition) is 0. The zero-order chi connectivity index (χ0) is 41.0. The van der Waals surface area contributed by atoms with Crippen LogP contribution < -0.4 is 0 Å². The number of para-hydroxylation sites is 1. The highest BCUT2D eigenvalue weighted by Crippen LogP contribution is 2.57. The molecule has 0 unspecified atom stereocenters. The number of benzene rings is 8. The van der Waals surface area contributed by atoms with Crippen molar-refractivity contribution in [2.45, 2.75) is 38.5 Å². The molecule has 0 saturated heterocycles. The fraction of sp³-hybridized carbons (Fsp3) is 0.103. The molecule has 0 amide bonds. The van der Waals surface area contributed by atoms with Gasteiger partial charge in [0.15, 0.2) is 5.82 Å². The predicted octanol–water partition coefficient (Wildman–Crippen LogP) is 15.3. The van der Waals surface area contributed by atoms with Crippen LogP contribution in [0, 0.1) is 0 Å². The summed E-state index contributed by atoms with van der Waals surface area (Å²) < 4.78 is 6.81. The summed E-state index contributed by atoms with van der Waals surface area (Å²) in [7, 11) is 0. The van der Waals surface area contributed by atoms with Gasteiger partial charge in [-0.2, -0.15) is 0 Å². The third-order valence-corrected chi connectivity index (χ3v) is 13.5. The second-order valence-electron chi connectivity index (χ2n) is 17.7. The molecule has 0 saturated carbocycles. The zero-order valence-corrected chi connectivity index (χ0v) is 34.6. The number of aromatic nitrogens is 2. The highest BCUT2D eigenvalue weighted by molar-refractivity contribution is 6.11. The normalized spacial score (nSPS) is 14.2. The molecule has 0 spiro atoms. The number of nitrogens with zero attached hydrogens (tertiary/aromatic N) is 2. The van der Waals surface area contributed by atoms with Crippen LogP contribution in [0.2, 0.25) is 0 Å². The monoisotopic (exact) mass is 782 g/mol. The van der Waals surface area contributed by atoms with Crippen molar-refractivity contribution in [3.05, 3.63) is 204 Å². The van der Waals surface area contributed by atoms with Gasteiger partial charge < -0.3 is 4.42 Å². The van der Waals surface area contributed by atoms with Crippen molar-refractivity contribution < 1.29 is 4.42 Å². The molecule has 10 aromatic rings. The largest absolute Gasteiger partial charge is 0.455 e. The Bertz CT molecular complexity index is 3390. The lowest BCUT2D eigenvalue weighted by molar-refractivity contribution is 0.652. The van der Waals surface area contributed by atoms with Gasteiger partial charge in [0.05, 0.1) is 11.4 Å². The molecular formula is C58H42N2O. The van der Waals surface area contributed by atoms with Crippen molar-refractivity contribution >= 4 is 21.9 Å². The van der Waals surface area contributed by atoms with Gasteiger partial charge in [-0.3, -0.25) is 0 Å². The Kier molecular flexibility index (Phi) is 7.62. The van der Waals surface area contributed by atoms with Crippen LogP contribution >= 0.6 is 0 Å². The molecule has 61 heavy (non-hydrogen) atoms. The van der Waals surface area contributed by atoms with Gasteiger partial charge in [0.25, 0.3) is 0 Å². The fourth-order valence-electron chi connectivity index (χ4n) is 10.3. The summed E-state index contributed by atoms with van der Waals surface area (Å²) in [5.74, 6) is 0.676. The van der Waals surface area contributed by atoms with Crippen molar-refractivity contribution in [3.8, 4) is 78.4 Å². The van der Waals surface area contributed by atoms with Gasteiger partial charge in [-0.1, -0.05) is 173 Å². The van der Waals surface area contributed by atoms with E-state index in [0.717, 1.165) is 50.0 Å². The van der Waals surface area contributed by atoms with E-state index in [0.29, 0.717) is 5.82 Å². The lowest BCUT2D eigenvalue weighted by Gasteiger charge is -2.24. The summed E-state index contributed by atoms with van der Waals surface area (Å²) in [4.78, 5) is 10.3. The van der Waals surface area contributed by atoms with Gasteiger partial charge in [0.2, 0.25) is 0 Å². The average molecular weight is 783 g/mol. The Morgan fingerprint density at radius 2 is 0.934 bits per heavy atom. The van der Waals surface area contributed by atoms with Crippen molar-refractivity contribution in [1.29, 1.82) is 0 Å². The molecule has 2 aromatic heterocycles. The van der Waals surface area contributed by atoms with E-state index in [-0.39, 0.29) is 10.8 Å². The highest BCUT2D eigenvalue weighted by atomic mass is 16.3. The molecule has 0 fully saturated rings. The van der Waals surface area contributed by atoms with E-state index in [2.05, 4.69) is 185 Å². The predicted molar refractivity (Wildman–Crippen MR) is 252 cm³/mol. The first kappa shape index (κ1) is 35.6. The second kappa shape index (κ2) is 13.1. The highest BCUT2D eigenvalue weighted by Gasteiger charge is 2.42. The maximum absolute atomic E-state index is 6.81. The molecule has 0 aliphatic heterocycles. The Labute approximate surface area is 356 Å². The third kappa shape index (κ3) is 5.36. The van der Waals surface area contributed by atoms with Gasteiger partial charge >= 0.3 is 0 Å². The fourth-order valence-corrected chi connectivity index (χ4v) is 10.3. The minimum absolute atomic E-state index is 0.0750. The van der Waals surface area contributed by atoms with Gasteiger partial charge in [-0.15, -0.1) is 0 Å². The van der Waals surface area contributed by atoms with Crippen molar-refractivity contribution in [2.75, 3.05) is 0 Å². The Hall–Kier alpha value is -7.36. The molecule has 2 aliphatic rings. The second-order valence-corrected chi connectivity index (χ2v) is 17.7. The first-order valence-electron chi connectivity index (χ1n) is 21.2. The van der Waals surface area contributed by atoms with E-state index in [9.17, 15) is 0 Å². The quantitative estimate of drug-likeness (QED) is 0.175. The smallest absolute Gasteiger partial charge is 0.160 e. The average Bonchev–Trinajstić information content (AvgIpc) is 3.88. The first-order chi connectivity index (χ1) is 29.7. The van der Waals surface area contributed by atoms with E-state index < -0.39 is 0 Å². The molecule has 0 N–H and O–H groups in total. The maximum Gasteiger partial charge on any atom is 0.160 e. The van der Waals surface area contributed by atoms with Gasteiger partial charge in [-0.05, 0) is 103 Å². The standard InChI is InChI=1S/C58H42N2O/c1-57(2)47-23-12-11-19-41(47)44-32-50-46(33-49(44)57)54-40(20-14-24-48(54)58(50,3)4)39-29-30-53-45(31-39)42-21-13-22-43(55(42)61-53)52-34-51(59-56(60-52)38-17-9-6-10-18-38)37-27-25-36(26-28-37)35-15-7-5-8-16-35/h5-34H,1-4H3. The molecule has 3 heteroatoms. The first-order valence-corrected chi connectivity index (χ1v) is 21.2. The molecular weight excluding hydrogens is 741 g/mol. The van der Waals surface area contributed by atoms with Crippen LogP contribution in [-0.4, -0.2) is 9.97 Å². The van der Waals surface area contributed by atoms with E-state index in [4.69, 9.17) is 14.4 Å². The van der Waals surface area contributed by atoms with Crippen LogP contribution in [0.1, 0.15) is 49.9 Å². The Morgan fingerprint density at radius 1 is 0.361 bits per heavy atom. The van der Waals surface area contributed by atoms with E-state index in [1.54, 1.807) is 0 Å². The molecule has 0 atom stereocenters. The van der Waals surface area contributed by atoms with E-state index in [1.807, 2.05) is 24.3 Å². The van der Waals surface area contributed by atoms with E-state index in [1.165, 1.54) is 66.8 Å². The van der Waals surface area contributed by atoms with Crippen LogP contribution in [0.4, 0.5) is 0 Å². The molecule has 0 radical (unpaired) electrons. The van der Waals surface area contributed by atoms with Gasteiger partial charge in [-0.25, -0.2) is 9.97 Å². The summed E-state index contributed by atoms with van der Waals surface area (Å²) in [5.41, 5.74) is 21.8. The minimum Gasteiger partial charge on any atom is -0.455 e. The summed E-state index contributed by atoms with van der Waals surface area (Å²) in [5, 5.41) is 2.15. The van der Waals surface area contributed by atoms with E-state index >= 15 is 0 Å². The lowest BCUT2D eigenvalue weighted by atomic mass is 9.79. The molecule has 2 aliphatic carbocycles. The number of rotatable bonds is 5. The van der Waals surface area contributed by atoms with Crippen molar-refractivity contribution in [2.24, 2.45) is 0 Å². The van der Waals surface area contributed by atoms with Crippen molar-refractivity contribution in [1.82, 2.24) is 9.97 Å². The lowest BCUT2D eigenvalue weighted by Crippen LogP contribution is -2.16. The molecule has 2 heterocycles. The third-order valence-electron chi connectivity index (χ3n) is 13.5. The molecule has 8 aromatic carbocycles. The number of hydrogen-bond acceptors (Lipinski definition) is 3. The summed E-state index contributed by atoms with van der Waals surface area (Å²) in [6.07, 6.45) is 0. The number of furan rings is 1. The summed E-state index contributed by atoms with van der Waals surface area (Å²) in [6, 6.07) is 65.4. The van der Waals surface area contributed by atoms with Crippen LogP contribution in [0.15, 0.2) is 186 Å². The van der Waals surface area contributed by atoms with Crippen molar-refractivity contribution in [3.63, 3.8) is 0 Å². The Morgan fingerprint density at radius 3 is 1.74 bits per heavy atom. The van der Waals surface area contributed by atoms with Gasteiger partial charge in [0, 0.05) is 38.3 Å². The SMILES string of the molecule is CC1(C)c2ccccc2-c2cc3c(cc21)-c1c(-c2ccc4oc5c(-c6cc(-c7ccc(-c8ccccc8)cc7)nc(-c7ccccc7)n6)cccc5c4c2)cccc1C3(C)C. The van der Waals surface area contributed by atoms with Crippen LogP contribution in [0.25, 0.3) is 100 Å². The van der Waals surface area contributed by atoms with Crippen LogP contribution in [0.5, 0.6) is 0 Å². The molecule has 12 rings (SSSR count). The maximum atomic E-state index is 6.81. The summed E-state index contributed by atoms with van der Waals surface area (Å²) in [6.45, 7) is 9.51. The summed E-state index contributed by atoms with van der Waals surface area (Å²) >= 11 is 0. The molecule has 0 bridgehead atoms. The number of fused-ring (bicyclic) bond motifs is 9. The molecule has 290 valence electrons. The van der Waals surface area contributed by atoms with Crippen LogP contribution in [-0.2, 0) is 10.8 Å².